The van der Waals surface area contributed by atoms with E-state index < -0.39 is 0 Å². The summed E-state index contributed by atoms with van der Waals surface area (Å²) in [5, 5.41) is 2.47. The zero-order valence-electron chi connectivity index (χ0n) is 5.79. The van der Waals surface area contributed by atoms with Gasteiger partial charge in [-0.15, -0.1) is 0 Å². The maximum atomic E-state index is 10.5. The summed E-state index contributed by atoms with van der Waals surface area (Å²) >= 11 is 5.55. The summed E-state index contributed by atoms with van der Waals surface area (Å²) < 4.78 is 0. The quantitative estimate of drug-likeness (QED) is 0.472. The molecule has 52 valence electrons. The third-order valence-corrected chi connectivity index (χ3v) is 2.74. The van der Waals surface area contributed by atoms with Crippen molar-refractivity contribution in [1.82, 2.24) is 5.32 Å². The zero-order valence-corrected chi connectivity index (χ0v) is 7.54. The number of nitrogens with one attached hydrogen (secondary N) is 1. The predicted molar refractivity (Wildman–Crippen MR) is 39.5 cm³/mol. The van der Waals surface area contributed by atoms with Crippen LogP contribution in [0.3, 0.4) is 0 Å². The van der Waals surface area contributed by atoms with Crippen molar-refractivity contribution in [3.63, 3.8) is 0 Å². The van der Waals surface area contributed by atoms with Crippen molar-refractivity contribution in [2.75, 3.05) is 0 Å². The lowest BCUT2D eigenvalue weighted by atomic mass is 10.4. The molecule has 2 radical (unpaired) electrons. The normalized spacial score (nSPS) is 11.1. The van der Waals surface area contributed by atoms with Crippen LogP contribution >= 0.6 is 11.1 Å². The molecular weight excluding hydrogens is 154 g/mol. The van der Waals surface area contributed by atoms with E-state index >= 15 is 0 Å². The Kier molecular flexibility index (Phi) is 3.21. The van der Waals surface area contributed by atoms with Crippen LogP contribution in [0.15, 0.2) is 0 Å². The Morgan fingerprint density at radius 2 is 2.11 bits per heavy atom. The van der Waals surface area contributed by atoms with E-state index in [9.17, 15) is 4.79 Å². The molecule has 0 aliphatic rings. The van der Waals surface area contributed by atoms with Gasteiger partial charge in [0.1, 0.15) is 0 Å². The summed E-state index contributed by atoms with van der Waals surface area (Å²) in [4.78, 5) is 10.5. The van der Waals surface area contributed by atoms with Crippen LogP contribution in [0.4, 0.5) is 0 Å². The molecule has 0 heterocycles. The zero-order chi connectivity index (χ0) is 7.49. The van der Waals surface area contributed by atoms with Gasteiger partial charge in [0.2, 0.25) is 14.7 Å². The molecule has 0 bridgehead atoms. The molecule has 0 aromatic rings. The third kappa shape index (κ3) is 4.48. The van der Waals surface area contributed by atoms with E-state index in [4.69, 9.17) is 11.1 Å². The Labute approximate surface area is 62.5 Å². The number of hydrogen-bond donors (Lipinski definition) is 1. The maximum absolute atomic E-state index is 10.5. The number of carbonyl (C=O) groups excluding carboxylic acids is 1. The lowest BCUT2D eigenvalue weighted by Crippen LogP contribution is -2.45. The molecule has 0 aliphatic heterocycles. The number of amides is 1. The van der Waals surface area contributed by atoms with Crippen LogP contribution in [-0.4, -0.2) is 19.9 Å². The van der Waals surface area contributed by atoms with Gasteiger partial charge in [0.05, 0.1) is 0 Å². The first kappa shape index (κ1) is 8.98. The van der Waals surface area contributed by atoms with E-state index in [0.717, 1.165) is 0 Å². The molecule has 0 unspecified atom stereocenters. The van der Waals surface area contributed by atoms with Crippen LogP contribution in [0, 0.1) is 0 Å². The second kappa shape index (κ2) is 3.22. The van der Waals surface area contributed by atoms with E-state index in [1.807, 2.05) is 13.8 Å². The van der Waals surface area contributed by atoms with Crippen LogP contribution in [0.2, 0.25) is 0 Å². The van der Waals surface area contributed by atoms with Gasteiger partial charge in [-0.3, -0.25) is 4.79 Å². The lowest BCUT2D eigenvalue weighted by Gasteiger charge is -2.20. The SMILES string of the molecule is CC(=O)NC(C)(C)[Si]Cl. The fraction of sp³-hybridized carbons (Fsp3) is 0.800. The molecule has 1 N–H and O–H groups in total. The van der Waals surface area contributed by atoms with Crippen molar-refractivity contribution in [1.29, 1.82) is 0 Å². The molecule has 1 amide bonds. The molecule has 0 aromatic carbocycles. The second-order valence-electron chi connectivity index (χ2n) is 2.40. The number of carbonyl (C=O) groups is 1. The number of halogens is 1. The highest BCUT2D eigenvalue weighted by Gasteiger charge is 2.17. The van der Waals surface area contributed by atoms with Crippen LogP contribution in [-0.2, 0) is 4.79 Å². The largest absolute Gasteiger partial charge is 0.353 e. The first-order valence-corrected chi connectivity index (χ1v) is 4.65. The van der Waals surface area contributed by atoms with Gasteiger partial charge >= 0.3 is 0 Å². The minimum Gasteiger partial charge on any atom is -0.353 e. The van der Waals surface area contributed by atoms with Gasteiger partial charge in [-0.05, 0) is 13.8 Å². The second-order valence-corrected chi connectivity index (χ2v) is 4.41. The van der Waals surface area contributed by atoms with Gasteiger partial charge in [0.15, 0.2) is 0 Å². The molecule has 0 saturated carbocycles. The van der Waals surface area contributed by atoms with Crippen LogP contribution < -0.4 is 5.32 Å². The first-order chi connectivity index (χ1) is 3.98. The number of hydrogen-bond acceptors (Lipinski definition) is 1. The molecule has 0 spiro atoms. The smallest absolute Gasteiger partial charge is 0.217 e. The van der Waals surface area contributed by atoms with Gasteiger partial charge < -0.3 is 5.32 Å². The Morgan fingerprint density at radius 3 is 2.22 bits per heavy atom. The standard InChI is InChI=1S/C5H10ClNOSi/c1-4(8)7-5(2,3)9-6/h1-3H3,(H,7,8). The third-order valence-electron chi connectivity index (χ3n) is 0.725. The topological polar surface area (TPSA) is 29.1 Å². The minimum absolute atomic E-state index is 0.0341. The molecule has 9 heavy (non-hydrogen) atoms. The fourth-order valence-electron chi connectivity index (χ4n) is 0.464. The summed E-state index contributed by atoms with van der Waals surface area (Å²) in [6.07, 6.45) is 0. The van der Waals surface area contributed by atoms with Gasteiger partial charge in [0, 0.05) is 12.1 Å². The lowest BCUT2D eigenvalue weighted by molar-refractivity contribution is -0.119. The van der Waals surface area contributed by atoms with E-state index in [0.29, 0.717) is 0 Å². The summed E-state index contributed by atoms with van der Waals surface area (Å²) in [7, 11) is 0.218. The Balaban J connectivity index is 3.71. The predicted octanol–water partition coefficient (Wildman–Crippen LogP) is 0.717. The average molecular weight is 164 g/mol. The van der Waals surface area contributed by atoms with E-state index in [-0.39, 0.29) is 19.9 Å². The van der Waals surface area contributed by atoms with Gasteiger partial charge in [0.25, 0.3) is 0 Å². The van der Waals surface area contributed by atoms with Crippen LogP contribution in [0.1, 0.15) is 20.8 Å². The molecule has 4 heteroatoms. The Morgan fingerprint density at radius 1 is 1.67 bits per heavy atom. The highest BCUT2D eigenvalue weighted by Crippen LogP contribution is 2.00. The maximum Gasteiger partial charge on any atom is 0.217 e. The molecule has 0 aromatic heterocycles. The summed E-state index contributed by atoms with van der Waals surface area (Å²) in [5.74, 6) is -0.0341. The number of rotatable bonds is 2. The average Bonchev–Trinajstić information content (AvgIpc) is 1.63. The Hall–Kier alpha value is -0.0231. The molecule has 0 rings (SSSR count). The van der Waals surface area contributed by atoms with Crippen molar-refractivity contribution in [2.24, 2.45) is 0 Å². The summed E-state index contributed by atoms with van der Waals surface area (Å²) in [6, 6.07) is 0. The molecule has 0 atom stereocenters. The summed E-state index contributed by atoms with van der Waals surface area (Å²) in [6.45, 7) is 5.26. The highest BCUT2D eigenvalue weighted by molar-refractivity contribution is 6.95. The van der Waals surface area contributed by atoms with Crippen LogP contribution in [0.5, 0.6) is 0 Å². The van der Waals surface area contributed by atoms with E-state index in [2.05, 4.69) is 5.32 Å². The minimum atomic E-state index is -0.243. The van der Waals surface area contributed by atoms with Crippen molar-refractivity contribution in [3.8, 4) is 0 Å². The van der Waals surface area contributed by atoms with Crippen molar-refractivity contribution in [2.45, 2.75) is 25.9 Å². The molecule has 0 fully saturated rings. The highest BCUT2D eigenvalue weighted by atomic mass is 35.6. The van der Waals surface area contributed by atoms with E-state index in [1.54, 1.807) is 0 Å². The van der Waals surface area contributed by atoms with Gasteiger partial charge in [-0.2, -0.15) is 11.1 Å². The molecular formula is C5H10ClNOSi. The molecule has 0 aliphatic carbocycles. The summed E-state index contributed by atoms with van der Waals surface area (Å²) in [5.41, 5.74) is 0. The Bertz CT molecular complexity index is 116. The van der Waals surface area contributed by atoms with Gasteiger partial charge in [-0.1, -0.05) is 0 Å². The van der Waals surface area contributed by atoms with Crippen molar-refractivity contribution < 1.29 is 4.79 Å². The fourth-order valence-corrected chi connectivity index (χ4v) is 0.829. The first-order valence-electron chi connectivity index (χ1n) is 2.64. The molecule has 0 saturated heterocycles. The van der Waals surface area contributed by atoms with Crippen molar-refractivity contribution in [3.05, 3.63) is 0 Å². The van der Waals surface area contributed by atoms with Crippen LogP contribution in [0.25, 0.3) is 0 Å². The van der Waals surface area contributed by atoms with Crippen molar-refractivity contribution >= 4 is 25.8 Å². The van der Waals surface area contributed by atoms with Gasteiger partial charge in [-0.25, -0.2) is 0 Å². The monoisotopic (exact) mass is 163 g/mol. The van der Waals surface area contributed by atoms with E-state index in [1.165, 1.54) is 6.92 Å². The molecule has 2 nitrogen and oxygen atoms in total.